The molecule has 1 saturated carbocycles. The number of carbonyl (C=O) groups is 1. The Bertz CT molecular complexity index is 675. The average Bonchev–Trinajstić information content (AvgIpc) is 3.31. The van der Waals surface area contributed by atoms with E-state index in [0.717, 1.165) is 34.9 Å². The first-order chi connectivity index (χ1) is 9.76. The maximum Gasteiger partial charge on any atom is 0.243 e. The van der Waals surface area contributed by atoms with Crippen molar-refractivity contribution in [2.45, 2.75) is 12.8 Å². The average molecular weight is 268 g/mol. The van der Waals surface area contributed by atoms with Crippen LogP contribution in [0.1, 0.15) is 18.4 Å². The van der Waals surface area contributed by atoms with Crippen LogP contribution in [0.4, 0.5) is 0 Å². The second-order valence-electron chi connectivity index (χ2n) is 4.98. The van der Waals surface area contributed by atoms with Crippen LogP contribution in [-0.2, 0) is 4.79 Å². The molecule has 4 nitrogen and oxygen atoms in total. The molecule has 0 aromatic heterocycles. The van der Waals surface area contributed by atoms with Crippen molar-refractivity contribution >= 4 is 22.9 Å². The molecule has 2 aromatic rings. The van der Waals surface area contributed by atoms with Crippen LogP contribution < -0.4 is 10.2 Å². The Morgan fingerprint density at radius 1 is 1.25 bits per heavy atom. The first-order valence-electron chi connectivity index (χ1n) is 6.67. The monoisotopic (exact) mass is 268 g/mol. The van der Waals surface area contributed by atoms with E-state index >= 15 is 0 Å². The first kappa shape index (κ1) is 12.7. The standard InChI is InChI=1S/C16H16N2O2/c1-20-15-7-6-13-8-11(2-3-14(13)9-15)10-17-18-16(19)12-4-5-12/h2-3,6-10,12H,4-5H2,1H3,(H,18,19)/b17-10-. The van der Waals surface area contributed by atoms with E-state index in [9.17, 15) is 4.79 Å². The van der Waals surface area contributed by atoms with Gasteiger partial charge in [0.25, 0.3) is 0 Å². The minimum Gasteiger partial charge on any atom is -0.497 e. The van der Waals surface area contributed by atoms with Crippen LogP contribution in [0, 0.1) is 5.92 Å². The Labute approximate surface area is 117 Å². The van der Waals surface area contributed by atoms with Crippen molar-refractivity contribution in [1.82, 2.24) is 5.43 Å². The van der Waals surface area contributed by atoms with Gasteiger partial charge in [-0.2, -0.15) is 5.10 Å². The molecule has 20 heavy (non-hydrogen) atoms. The van der Waals surface area contributed by atoms with E-state index in [0.29, 0.717) is 0 Å². The van der Waals surface area contributed by atoms with Crippen LogP contribution in [0.15, 0.2) is 41.5 Å². The molecule has 0 atom stereocenters. The van der Waals surface area contributed by atoms with E-state index in [1.807, 2.05) is 36.4 Å². The van der Waals surface area contributed by atoms with Gasteiger partial charge in [0, 0.05) is 5.92 Å². The van der Waals surface area contributed by atoms with Crippen molar-refractivity contribution in [3.8, 4) is 5.75 Å². The van der Waals surface area contributed by atoms with Crippen molar-refractivity contribution in [3.05, 3.63) is 42.0 Å². The third kappa shape index (κ3) is 2.79. The van der Waals surface area contributed by atoms with Crippen LogP contribution in [0.2, 0.25) is 0 Å². The Morgan fingerprint density at radius 2 is 2.00 bits per heavy atom. The molecule has 0 aliphatic heterocycles. The lowest BCUT2D eigenvalue weighted by molar-refractivity contribution is -0.122. The third-order valence-electron chi connectivity index (χ3n) is 3.41. The van der Waals surface area contributed by atoms with E-state index < -0.39 is 0 Å². The summed E-state index contributed by atoms with van der Waals surface area (Å²) < 4.78 is 5.20. The van der Waals surface area contributed by atoms with Crippen LogP contribution >= 0.6 is 0 Å². The summed E-state index contributed by atoms with van der Waals surface area (Å²) >= 11 is 0. The van der Waals surface area contributed by atoms with Gasteiger partial charge >= 0.3 is 0 Å². The molecule has 0 unspecified atom stereocenters. The lowest BCUT2D eigenvalue weighted by atomic mass is 10.1. The molecule has 1 fully saturated rings. The van der Waals surface area contributed by atoms with Gasteiger partial charge in [-0.25, -0.2) is 5.43 Å². The minimum absolute atomic E-state index is 0.0202. The van der Waals surface area contributed by atoms with E-state index in [2.05, 4.69) is 10.5 Å². The molecule has 0 radical (unpaired) electrons. The number of nitrogens with one attached hydrogen (secondary N) is 1. The highest BCUT2D eigenvalue weighted by Crippen LogP contribution is 2.28. The molecule has 0 bridgehead atoms. The summed E-state index contributed by atoms with van der Waals surface area (Å²) in [5.74, 6) is 1.04. The Balaban J connectivity index is 1.74. The van der Waals surface area contributed by atoms with Gasteiger partial charge in [-0.3, -0.25) is 4.79 Å². The third-order valence-corrected chi connectivity index (χ3v) is 3.41. The summed E-state index contributed by atoms with van der Waals surface area (Å²) in [5, 5.41) is 6.22. The van der Waals surface area contributed by atoms with Crippen molar-refractivity contribution in [2.24, 2.45) is 11.0 Å². The number of hydrazone groups is 1. The van der Waals surface area contributed by atoms with Gasteiger partial charge in [-0.05, 0) is 47.4 Å². The molecule has 0 saturated heterocycles. The molecule has 1 amide bonds. The predicted octanol–water partition coefficient (Wildman–Crippen LogP) is 2.71. The molecule has 102 valence electrons. The summed E-state index contributed by atoms with van der Waals surface area (Å²) in [7, 11) is 1.66. The number of nitrogens with zero attached hydrogens (tertiary/aromatic N) is 1. The van der Waals surface area contributed by atoms with Gasteiger partial charge in [0.2, 0.25) is 5.91 Å². The molecule has 2 aromatic carbocycles. The van der Waals surface area contributed by atoms with Crippen molar-refractivity contribution in [3.63, 3.8) is 0 Å². The normalized spacial score (nSPS) is 14.7. The Hall–Kier alpha value is -2.36. The molecule has 1 N–H and O–H groups in total. The Kier molecular flexibility index (Phi) is 3.37. The maximum atomic E-state index is 11.4. The molecule has 1 aliphatic rings. The fourth-order valence-electron chi connectivity index (χ4n) is 2.06. The lowest BCUT2D eigenvalue weighted by Crippen LogP contribution is -2.18. The summed E-state index contributed by atoms with van der Waals surface area (Å²) in [6.45, 7) is 0. The highest BCUT2D eigenvalue weighted by molar-refractivity contribution is 5.91. The van der Waals surface area contributed by atoms with Gasteiger partial charge in [0.1, 0.15) is 5.75 Å². The van der Waals surface area contributed by atoms with E-state index in [1.165, 1.54) is 0 Å². The predicted molar refractivity (Wildman–Crippen MR) is 79.0 cm³/mol. The van der Waals surface area contributed by atoms with Crippen molar-refractivity contribution in [2.75, 3.05) is 7.11 Å². The van der Waals surface area contributed by atoms with Gasteiger partial charge < -0.3 is 4.74 Å². The molecule has 0 heterocycles. The first-order valence-corrected chi connectivity index (χ1v) is 6.67. The summed E-state index contributed by atoms with van der Waals surface area (Å²) in [6, 6.07) is 11.9. The van der Waals surface area contributed by atoms with Crippen LogP contribution in [-0.4, -0.2) is 19.2 Å². The molecule has 3 rings (SSSR count). The van der Waals surface area contributed by atoms with Crippen LogP contribution in [0.25, 0.3) is 10.8 Å². The maximum absolute atomic E-state index is 11.4. The van der Waals surface area contributed by atoms with Gasteiger partial charge in [-0.1, -0.05) is 18.2 Å². The zero-order valence-electron chi connectivity index (χ0n) is 11.3. The zero-order valence-corrected chi connectivity index (χ0v) is 11.3. The minimum atomic E-state index is 0.0202. The fraction of sp³-hybridized carbons (Fsp3) is 0.250. The number of ether oxygens (including phenoxy) is 1. The van der Waals surface area contributed by atoms with Crippen LogP contribution in [0.3, 0.4) is 0 Å². The van der Waals surface area contributed by atoms with Crippen molar-refractivity contribution < 1.29 is 9.53 Å². The molecular weight excluding hydrogens is 252 g/mol. The molecule has 1 aliphatic carbocycles. The second kappa shape index (κ2) is 5.33. The number of hydrogen-bond donors (Lipinski definition) is 1. The summed E-state index contributed by atoms with van der Waals surface area (Å²) in [4.78, 5) is 11.4. The number of hydrogen-bond acceptors (Lipinski definition) is 3. The molecule has 4 heteroatoms. The van der Waals surface area contributed by atoms with Gasteiger partial charge in [0.15, 0.2) is 0 Å². The molecular formula is C16H16N2O2. The smallest absolute Gasteiger partial charge is 0.243 e. The SMILES string of the molecule is COc1ccc2cc(/C=N\NC(=O)C3CC3)ccc2c1. The molecule has 0 spiro atoms. The second-order valence-corrected chi connectivity index (χ2v) is 4.98. The number of benzene rings is 2. The number of rotatable bonds is 4. The Morgan fingerprint density at radius 3 is 2.75 bits per heavy atom. The van der Waals surface area contributed by atoms with Crippen molar-refractivity contribution in [1.29, 1.82) is 0 Å². The summed E-state index contributed by atoms with van der Waals surface area (Å²) in [5.41, 5.74) is 3.53. The highest BCUT2D eigenvalue weighted by Gasteiger charge is 2.29. The zero-order chi connectivity index (χ0) is 13.9. The number of amides is 1. The van der Waals surface area contributed by atoms with Gasteiger partial charge in [0.05, 0.1) is 13.3 Å². The number of carbonyl (C=O) groups excluding carboxylic acids is 1. The lowest BCUT2D eigenvalue weighted by Gasteiger charge is -2.03. The quantitative estimate of drug-likeness (QED) is 0.684. The van der Waals surface area contributed by atoms with E-state index in [4.69, 9.17) is 4.74 Å². The largest absolute Gasteiger partial charge is 0.497 e. The fourth-order valence-corrected chi connectivity index (χ4v) is 2.06. The summed E-state index contributed by atoms with van der Waals surface area (Å²) in [6.07, 6.45) is 3.64. The van der Waals surface area contributed by atoms with E-state index in [-0.39, 0.29) is 11.8 Å². The van der Waals surface area contributed by atoms with Gasteiger partial charge in [-0.15, -0.1) is 0 Å². The highest BCUT2D eigenvalue weighted by atomic mass is 16.5. The van der Waals surface area contributed by atoms with E-state index in [1.54, 1.807) is 13.3 Å². The number of fused-ring (bicyclic) bond motifs is 1. The van der Waals surface area contributed by atoms with Crippen LogP contribution in [0.5, 0.6) is 5.75 Å². The topological polar surface area (TPSA) is 50.7 Å². The number of methoxy groups -OCH3 is 1.